The molecular weight excluding hydrogens is 279 g/mol. The molecule has 3 nitrogen and oxygen atoms in total. The van der Waals surface area contributed by atoms with Crippen LogP contribution in [0.15, 0.2) is 18.2 Å². The van der Waals surface area contributed by atoms with Crippen LogP contribution < -0.4 is 5.32 Å². The molecule has 2 unspecified atom stereocenters. The minimum absolute atomic E-state index is 0.115. The number of amides is 2. The number of nitrogens with zero attached hydrogens (tertiary/aromatic N) is 1. The molecule has 0 aliphatic carbocycles. The molecule has 0 aromatic heterocycles. The molecule has 1 fully saturated rings. The smallest absolute Gasteiger partial charge is 0.321 e. The summed E-state index contributed by atoms with van der Waals surface area (Å²) in [6.07, 6.45) is 4.56. The fraction of sp³-hybridized carbons (Fsp3) is 0.611. The van der Waals surface area contributed by atoms with Crippen LogP contribution in [0.5, 0.6) is 0 Å². The van der Waals surface area contributed by atoms with Crippen LogP contribution in [0.3, 0.4) is 0 Å². The summed E-state index contributed by atoms with van der Waals surface area (Å²) < 4.78 is 13.6. The molecule has 0 bridgehead atoms. The molecule has 1 N–H and O–H groups in total. The number of benzene rings is 1. The van der Waals surface area contributed by atoms with Crippen LogP contribution in [-0.4, -0.2) is 24.0 Å². The minimum Gasteiger partial charge on any atom is -0.324 e. The van der Waals surface area contributed by atoms with Crippen LogP contribution in [0, 0.1) is 24.6 Å². The molecule has 0 spiro atoms. The molecule has 0 saturated carbocycles. The zero-order chi connectivity index (χ0) is 16.1. The van der Waals surface area contributed by atoms with Crippen molar-refractivity contribution in [2.24, 2.45) is 11.8 Å². The Morgan fingerprint density at radius 1 is 1.36 bits per heavy atom. The van der Waals surface area contributed by atoms with Gasteiger partial charge in [-0.1, -0.05) is 32.8 Å². The number of anilines is 1. The average molecular weight is 306 g/mol. The number of hydrogen-bond donors (Lipinski definition) is 1. The Bertz CT molecular complexity index is 518. The maximum atomic E-state index is 13.6. The van der Waals surface area contributed by atoms with Crippen molar-refractivity contribution in [1.29, 1.82) is 0 Å². The third-order valence-corrected chi connectivity index (χ3v) is 4.73. The molecule has 1 aromatic rings. The van der Waals surface area contributed by atoms with Gasteiger partial charge in [0.2, 0.25) is 0 Å². The van der Waals surface area contributed by atoms with Crippen LogP contribution in [-0.2, 0) is 0 Å². The van der Waals surface area contributed by atoms with Gasteiger partial charge in [-0.25, -0.2) is 9.18 Å². The number of likely N-dealkylation sites (tertiary alicyclic amines) is 1. The van der Waals surface area contributed by atoms with Crippen molar-refractivity contribution in [3.63, 3.8) is 0 Å². The van der Waals surface area contributed by atoms with E-state index in [9.17, 15) is 9.18 Å². The molecule has 1 saturated heterocycles. The van der Waals surface area contributed by atoms with Crippen molar-refractivity contribution < 1.29 is 9.18 Å². The zero-order valence-electron chi connectivity index (χ0n) is 13.9. The number of carbonyl (C=O) groups excluding carboxylic acids is 1. The second-order valence-electron chi connectivity index (χ2n) is 6.59. The van der Waals surface area contributed by atoms with Crippen molar-refractivity contribution in [3.8, 4) is 0 Å². The summed E-state index contributed by atoms with van der Waals surface area (Å²) in [5.74, 6) is 0.926. The van der Waals surface area contributed by atoms with Gasteiger partial charge in [-0.2, -0.15) is 0 Å². The van der Waals surface area contributed by atoms with E-state index in [2.05, 4.69) is 19.2 Å². The number of halogens is 1. The van der Waals surface area contributed by atoms with Gasteiger partial charge in [-0.05, 0) is 49.3 Å². The highest BCUT2D eigenvalue weighted by Crippen LogP contribution is 2.23. The standard InChI is InChI=1S/C18H27FN2O/c1-4-15-7-5-13(2)9-10-21(12-15)18(22)20-16-8-6-14(3)17(19)11-16/h6,8,11,13,15H,4-5,7,9-10,12H2,1-3H3,(H,20,22). The number of nitrogens with one attached hydrogen (secondary N) is 1. The molecule has 0 radical (unpaired) electrons. The van der Waals surface area contributed by atoms with Gasteiger partial charge in [0.15, 0.2) is 0 Å². The molecule has 1 aromatic carbocycles. The third kappa shape index (κ3) is 4.46. The van der Waals surface area contributed by atoms with E-state index in [1.54, 1.807) is 19.1 Å². The summed E-state index contributed by atoms with van der Waals surface area (Å²) in [6, 6.07) is 4.71. The highest BCUT2D eigenvalue weighted by molar-refractivity contribution is 5.89. The van der Waals surface area contributed by atoms with Crippen LogP contribution >= 0.6 is 0 Å². The monoisotopic (exact) mass is 306 g/mol. The Morgan fingerprint density at radius 2 is 2.14 bits per heavy atom. The van der Waals surface area contributed by atoms with Crippen LogP contribution in [0.4, 0.5) is 14.9 Å². The van der Waals surface area contributed by atoms with E-state index in [4.69, 9.17) is 0 Å². The normalized spacial score (nSPS) is 22.8. The van der Waals surface area contributed by atoms with Crippen LogP contribution in [0.1, 0.15) is 45.1 Å². The van der Waals surface area contributed by atoms with Gasteiger partial charge in [0.1, 0.15) is 5.82 Å². The van der Waals surface area contributed by atoms with Gasteiger partial charge in [0, 0.05) is 18.8 Å². The van der Waals surface area contributed by atoms with E-state index in [0.29, 0.717) is 23.1 Å². The summed E-state index contributed by atoms with van der Waals surface area (Å²) in [7, 11) is 0. The van der Waals surface area contributed by atoms with E-state index in [1.807, 2.05) is 4.90 Å². The minimum atomic E-state index is -0.287. The van der Waals surface area contributed by atoms with Crippen molar-refractivity contribution in [3.05, 3.63) is 29.6 Å². The Labute approximate surface area is 132 Å². The van der Waals surface area contributed by atoms with E-state index >= 15 is 0 Å². The van der Waals surface area contributed by atoms with E-state index in [-0.39, 0.29) is 11.8 Å². The molecule has 4 heteroatoms. The molecule has 2 atom stereocenters. The quantitative estimate of drug-likeness (QED) is 0.835. The maximum Gasteiger partial charge on any atom is 0.321 e. The molecular formula is C18H27FN2O. The number of aryl methyl sites for hydroxylation is 1. The predicted molar refractivity (Wildman–Crippen MR) is 88.5 cm³/mol. The van der Waals surface area contributed by atoms with Gasteiger partial charge >= 0.3 is 6.03 Å². The van der Waals surface area contributed by atoms with Crippen molar-refractivity contribution in [1.82, 2.24) is 4.90 Å². The summed E-state index contributed by atoms with van der Waals surface area (Å²) in [5, 5.41) is 2.83. The number of rotatable bonds is 2. The van der Waals surface area contributed by atoms with E-state index < -0.39 is 0 Å². The van der Waals surface area contributed by atoms with Gasteiger partial charge in [0.25, 0.3) is 0 Å². The van der Waals surface area contributed by atoms with E-state index in [1.165, 1.54) is 18.9 Å². The van der Waals surface area contributed by atoms with Gasteiger partial charge in [-0.15, -0.1) is 0 Å². The molecule has 1 aliphatic heterocycles. The lowest BCUT2D eigenvalue weighted by Crippen LogP contribution is -2.40. The number of hydrogen-bond acceptors (Lipinski definition) is 1. The Kier molecular flexibility index (Phi) is 5.81. The van der Waals surface area contributed by atoms with Crippen LogP contribution in [0.2, 0.25) is 0 Å². The first-order valence-electron chi connectivity index (χ1n) is 8.31. The van der Waals surface area contributed by atoms with Crippen molar-refractivity contribution >= 4 is 11.7 Å². The van der Waals surface area contributed by atoms with Crippen molar-refractivity contribution in [2.75, 3.05) is 18.4 Å². The second kappa shape index (κ2) is 7.61. The lowest BCUT2D eigenvalue weighted by atomic mass is 9.90. The SMILES string of the molecule is CCC1CCC(C)CCN(C(=O)Nc2ccc(C)c(F)c2)C1. The fourth-order valence-electron chi connectivity index (χ4n) is 2.93. The van der Waals surface area contributed by atoms with Gasteiger partial charge in [0.05, 0.1) is 0 Å². The highest BCUT2D eigenvalue weighted by Gasteiger charge is 2.22. The Hall–Kier alpha value is -1.58. The molecule has 122 valence electrons. The molecule has 22 heavy (non-hydrogen) atoms. The zero-order valence-corrected chi connectivity index (χ0v) is 13.9. The first-order chi connectivity index (χ1) is 10.5. The topological polar surface area (TPSA) is 32.3 Å². The first kappa shape index (κ1) is 16.8. The maximum absolute atomic E-state index is 13.6. The number of urea groups is 1. The fourth-order valence-corrected chi connectivity index (χ4v) is 2.93. The molecule has 2 amide bonds. The number of carbonyl (C=O) groups is 1. The Balaban J connectivity index is 2.03. The second-order valence-corrected chi connectivity index (χ2v) is 6.59. The van der Waals surface area contributed by atoms with Gasteiger partial charge < -0.3 is 10.2 Å². The summed E-state index contributed by atoms with van der Waals surface area (Å²) in [6.45, 7) is 7.72. The molecule has 1 heterocycles. The average Bonchev–Trinajstić information content (AvgIpc) is 2.47. The highest BCUT2D eigenvalue weighted by atomic mass is 19.1. The summed E-state index contributed by atoms with van der Waals surface area (Å²) >= 11 is 0. The Morgan fingerprint density at radius 3 is 2.82 bits per heavy atom. The van der Waals surface area contributed by atoms with Crippen LogP contribution in [0.25, 0.3) is 0 Å². The lowest BCUT2D eigenvalue weighted by molar-refractivity contribution is 0.179. The lowest BCUT2D eigenvalue weighted by Gasteiger charge is -2.31. The summed E-state index contributed by atoms with van der Waals surface area (Å²) in [5.41, 5.74) is 1.11. The molecule has 1 aliphatic rings. The largest absolute Gasteiger partial charge is 0.324 e. The van der Waals surface area contributed by atoms with Gasteiger partial charge in [-0.3, -0.25) is 0 Å². The first-order valence-corrected chi connectivity index (χ1v) is 8.31. The summed E-state index contributed by atoms with van der Waals surface area (Å²) in [4.78, 5) is 14.4. The molecule has 2 rings (SSSR count). The predicted octanol–water partition coefficient (Wildman–Crippen LogP) is 4.81. The van der Waals surface area contributed by atoms with Crippen molar-refractivity contribution in [2.45, 2.75) is 46.5 Å². The van der Waals surface area contributed by atoms with E-state index in [0.717, 1.165) is 25.9 Å². The third-order valence-electron chi connectivity index (χ3n) is 4.73.